The van der Waals surface area contributed by atoms with Crippen molar-refractivity contribution in [2.75, 3.05) is 13.1 Å². The number of phenolic OH excluding ortho intramolecular Hbond substituents is 1. The Hall–Kier alpha value is -2.15. The monoisotopic (exact) mass is 262 g/mol. The predicted molar refractivity (Wildman–Crippen MR) is 69.2 cm³/mol. The number of nitro benzene ring substituents is 1. The molecule has 2 aromatic rings. The van der Waals surface area contributed by atoms with E-state index in [1.807, 2.05) is 10.9 Å². The largest absolute Gasteiger partial charge is 0.502 e. The summed E-state index contributed by atoms with van der Waals surface area (Å²) < 4.78 is 1.86. The van der Waals surface area contributed by atoms with Gasteiger partial charge in [0, 0.05) is 23.7 Å². The van der Waals surface area contributed by atoms with Crippen molar-refractivity contribution in [3.63, 3.8) is 0 Å². The quantitative estimate of drug-likeness (QED) is 0.633. The molecule has 0 aliphatic carbocycles. The standard InChI is InChI=1S/C12H14N4O3/c17-12-6-10-8(5-11(12)16(18)19)7-15(14-10)9-1-3-13-4-2-9/h5-7,9,13,17H,1-4H2. The summed E-state index contributed by atoms with van der Waals surface area (Å²) in [5, 5.41) is 28.7. The van der Waals surface area contributed by atoms with Crippen LogP contribution in [0.2, 0.25) is 0 Å². The molecule has 2 heterocycles. The molecule has 7 heteroatoms. The zero-order valence-corrected chi connectivity index (χ0v) is 10.2. The van der Waals surface area contributed by atoms with Gasteiger partial charge in [-0.05, 0) is 25.9 Å². The first-order valence-corrected chi connectivity index (χ1v) is 6.22. The van der Waals surface area contributed by atoms with E-state index < -0.39 is 4.92 Å². The highest BCUT2D eigenvalue weighted by atomic mass is 16.6. The number of aromatic hydroxyl groups is 1. The molecule has 7 nitrogen and oxygen atoms in total. The molecule has 0 saturated carbocycles. The van der Waals surface area contributed by atoms with Crippen molar-refractivity contribution in [2.24, 2.45) is 0 Å². The van der Waals surface area contributed by atoms with Crippen LogP contribution in [-0.2, 0) is 0 Å². The van der Waals surface area contributed by atoms with Crippen LogP contribution >= 0.6 is 0 Å². The maximum absolute atomic E-state index is 10.8. The second kappa shape index (κ2) is 4.51. The maximum atomic E-state index is 10.8. The van der Waals surface area contributed by atoms with E-state index in [0.29, 0.717) is 16.9 Å². The molecule has 0 spiro atoms. The lowest BCUT2D eigenvalue weighted by atomic mass is 10.1. The second-order valence-corrected chi connectivity index (χ2v) is 4.75. The number of phenols is 1. The number of nitrogens with one attached hydrogen (secondary N) is 1. The number of aromatic nitrogens is 2. The number of hydrogen-bond donors (Lipinski definition) is 2. The highest BCUT2D eigenvalue weighted by Gasteiger charge is 2.19. The normalized spacial score (nSPS) is 16.8. The van der Waals surface area contributed by atoms with Gasteiger partial charge in [-0.2, -0.15) is 5.10 Å². The molecule has 0 bridgehead atoms. The highest BCUT2D eigenvalue weighted by Crippen LogP contribution is 2.31. The lowest BCUT2D eigenvalue weighted by molar-refractivity contribution is -0.385. The first-order valence-electron chi connectivity index (χ1n) is 6.22. The van der Waals surface area contributed by atoms with Crippen LogP contribution in [0.25, 0.3) is 10.9 Å². The van der Waals surface area contributed by atoms with E-state index in [-0.39, 0.29) is 11.4 Å². The molecule has 1 aliphatic heterocycles. The summed E-state index contributed by atoms with van der Waals surface area (Å²) in [4.78, 5) is 10.2. The van der Waals surface area contributed by atoms with Crippen LogP contribution in [0.1, 0.15) is 18.9 Å². The fourth-order valence-corrected chi connectivity index (χ4v) is 2.47. The van der Waals surface area contributed by atoms with Gasteiger partial charge in [0.2, 0.25) is 0 Å². The first kappa shape index (κ1) is 11.9. The van der Waals surface area contributed by atoms with E-state index in [4.69, 9.17) is 0 Å². The lowest BCUT2D eigenvalue weighted by Crippen LogP contribution is -2.29. The molecule has 1 aromatic carbocycles. The third-order valence-corrected chi connectivity index (χ3v) is 3.50. The third kappa shape index (κ3) is 2.12. The first-order chi connectivity index (χ1) is 9.15. The van der Waals surface area contributed by atoms with Crippen molar-refractivity contribution < 1.29 is 10.0 Å². The molecule has 0 radical (unpaired) electrons. The number of nitro groups is 1. The molecule has 3 rings (SSSR count). The van der Waals surface area contributed by atoms with Crippen LogP contribution in [-0.4, -0.2) is 32.9 Å². The number of hydrogen-bond acceptors (Lipinski definition) is 5. The van der Waals surface area contributed by atoms with E-state index in [2.05, 4.69) is 10.4 Å². The van der Waals surface area contributed by atoms with Crippen molar-refractivity contribution in [3.8, 4) is 5.75 Å². The Kier molecular flexibility index (Phi) is 2.83. The van der Waals surface area contributed by atoms with Crippen LogP contribution in [0.5, 0.6) is 5.75 Å². The number of benzene rings is 1. The smallest absolute Gasteiger partial charge is 0.311 e. The van der Waals surface area contributed by atoms with Gasteiger partial charge < -0.3 is 10.4 Å². The van der Waals surface area contributed by atoms with Gasteiger partial charge in [-0.15, -0.1) is 0 Å². The molecule has 1 aromatic heterocycles. The van der Waals surface area contributed by atoms with Crippen LogP contribution in [0.3, 0.4) is 0 Å². The Balaban J connectivity index is 2.02. The molecule has 100 valence electrons. The average molecular weight is 262 g/mol. The van der Waals surface area contributed by atoms with Crippen molar-refractivity contribution in [3.05, 3.63) is 28.4 Å². The van der Waals surface area contributed by atoms with Crippen molar-refractivity contribution in [2.45, 2.75) is 18.9 Å². The summed E-state index contributed by atoms with van der Waals surface area (Å²) in [7, 11) is 0. The molecule has 1 aliphatic rings. The van der Waals surface area contributed by atoms with Crippen LogP contribution in [0, 0.1) is 10.1 Å². The predicted octanol–water partition coefficient (Wildman–Crippen LogP) is 1.57. The van der Waals surface area contributed by atoms with Crippen LogP contribution in [0.4, 0.5) is 5.69 Å². The number of piperidine rings is 1. The molecule has 1 saturated heterocycles. The van der Waals surface area contributed by atoms with E-state index in [9.17, 15) is 15.2 Å². The number of nitrogens with zero attached hydrogens (tertiary/aromatic N) is 3. The minimum absolute atomic E-state index is 0.280. The van der Waals surface area contributed by atoms with Gasteiger partial charge in [0.05, 0.1) is 16.5 Å². The fraction of sp³-hybridized carbons (Fsp3) is 0.417. The van der Waals surface area contributed by atoms with Crippen molar-refractivity contribution >= 4 is 16.6 Å². The van der Waals surface area contributed by atoms with Crippen LogP contribution in [0.15, 0.2) is 18.3 Å². The highest BCUT2D eigenvalue weighted by molar-refractivity contribution is 5.83. The molecular formula is C12H14N4O3. The average Bonchev–Trinajstić information content (AvgIpc) is 2.81. The molecule has 0 unspecified atom stereocenters. The zero-order chi connectivity index (χ0) is 13.4. The van der Waals surface area contributed by atoms with Crippen molar-refractivity contribution in [1.29, 1.82) is 0 Å². The third-order valence-electron chi connectivity index (χ3n) is 3.50. The van der Waals surface area contributed by atoms with E-state index >= 15 is 0 Å². The number of rotatable bonds is 2. The molecular weight excluding hydrogens is 248 g/mol. The molecule has 0 atom stereocenters. The SMILES string of the molecule is O=[N+]([O-])c1cc2cn(C3CCNCC3)nc2cc1O. The van der Waals surface area contributed by atoms with Gasteiger partial charge in [0.25, 0.3) is 0 Å². The van der Waals surface area contributed by atoms with Gasteiger partial charge in [0.1, 0.15) is 0 Å². The topological polar surface area (TPSA) is 93.2 Å². The van der Waals surface area contributed by atoms with Gasteiger partial charge in [0.15, 0.2) is 5.75 Å². The summed E-state index contributed by atoms with van der Waals surface area (Å²) in [6, 6.07) is 3.04. The lowest BCUT2D eigenvalue weighted by Gasteiger charge is -2.22. The summed E-state index contributed by atoms with van der Waals surface area (Å²) in [6.07, 6.45) is 3.79. The molecule has 1 fully saturated rings. The molecule has 19 heavy (non-hydrogen) atoms. The summed E-state index contributed by atoms with van der Waals surface area (Å²) in [5.74, 6) is -0.340. The van der Waals surface area contributed by atoms with E-state index in [0.717, 1.165) is 25.9 Å². The summed E-state index contributed by atoms with van der Waals surface area (Å²) in [5.41, 5.74) is 0.305. The minimum atomic E-state index is -0.587. The Morgan fingerprint density at radius 3 is 2.84 bits per heavy atom. The van der Waals surface area contributed by atoms with Gasteiger partial charge in [-0.3, -0.25) is 14.8 Å². The maximum Gasteiger partial charge on any atom is 0.311 e. The Bertz CT molecular complexity index is 631. The second-order valence-electron chi connectivity index (χ2n) is 4.75. The fourth-order valence-electron chi connectivity index (χ4n) is 2.47. The van der Waals surface area contributed by atoms with Crippen LogP contribution < -0.4 is 5.32 Å². The Morgan fingerprint density at radius 2 is 2.16 bits per heavy atom. The summed E-state index contributed by atoms with van der Waals surface area (Å²) >= 11 is 0. The number of fused-ring (bicyclic) bond motifs is 1. The van der Waals surface area contributed by atoms with Crippen molar-refractivity contribution in [1.82, 2.24) is 15.1 Å². The zero-order valence-electron chi connectivity index (χ0n) is 10.2. The van der Waals surface area contributed by atoms with E-state index in [1.54, 1.807) is 0 Å². The molecule has 0 amide bonds. The van der Waals surface area contributed by atoms with Gasteiger partial charge >= 0.3 is 5.69 Å². The van der Waals surface area contributed by atoms with Gasteiger partial charge in [-0.1, -0.05) is 0 Å². The van der Waals surface area contributed by atoms with E-state index in [1.165, 1.54) is 12.1 Å². The molecule has 2 N–H and O–H groups in total. The minimum Gasteiger partial charge on any atom is -0.502 e. The summed E-state index contributed by atoms with van der Waals surface area (Å²) in [6.45, 7) is 1.90. The Labute approximate surface area is 109 Å². The van der Waals surface area contributed by atoms with Gasteiger partial charge in [-0.25, -0.2) is 0 Å². The Morgan fingerprint density at radius 1 is 1.42 bits per heavy atom.